The summed E-state index contributed by atoms with van der Waals surface area (Å²) in [6.45, 7) is 1.64. The van der Waals surface area contributed by atoms with Crippen LogP contribution >= 0.6 is 0 Å². The van der Waals surface area contributed by atoms with E-state index < -0.39 is 11.9 Å². The molecule has 1 N–H and O–H groups in total. The van der Waals surface area contributed by atoms with Crippen LogP contribution in [0, 0.1) is 0 Å². The van der Waals surface area contributed by atoms with Crippen molar-refractivity contribution in [3.63, 3.8) is 0 Å². The molecule has 0 unspecified atom stereocenters. The third-order valence-corrected chi connectivity index (χ3v) is 3.69. The molecular formula is C20H18N2O4. The van der Waals surface area contributed by atoms with E-state index in [9.17, 15) is 9.59 Å². The molecule has 0 aliphatic carbocycles. The van der Waals surface area contributed by atoms with Crippen molar-refractivity contribution >= 4 is 34.7 Å². The van der Waals surface area contributed by atoms with Gasteiger partial charge in [-0.2, -0.15) is 0 Å². The van der Waals surface area contributed by atoms with Crippen LogP contribution < -0.4 is 5.32 Å². The number of nitrogens with one attached hydrogen (secondary N) is 1. The Balaban J connectivity index is 1.52. The number of anilines is 1. The van der Waals surface area contributed by atoms with E-state index in [-0.39, 0.29) is 6.61 Å². The lowest BCUT2D eigenvalue weighted by molar-refractivity contribution is -0.142. The van der Waals surface area contributed by atoms with Gasteiger partial charge in [-0.15, -0.1) is 0 Å². The zero-order valence-electron chi connectivity index (χ0n) is 14.3. The molecule has 0 aliphatic rings. The molecule has 6 nitrogen and oxygen atoms in total. The number of carbonyl (C=O) groups excluding carboxylic acids is 2. The largest absolute Gasteiger partial charge is 0.452 e. The maximum Gasteiger partial charge on any atom is 0.331 e. The van der Waals surface area contributed by atoms with Crippen molar-refractivity contribution in [2.45, 2.75) is 13.3 Å². The number of fused-ring (bicyclic) bond motifs is 1. The lowest BCUT2D eigenvalue weighted by atomic mass is 10.1. The average molecular weight is 350 g/mol. The normalized spacial score (nSPS) is 11.0. The minimum Gasteiger partial charge on any atom is -0.452 e. The fourth-order valence-corrected chi connectivity index (χ4v) is 2.42. The van der Waals surface area contributed by atoms with Gasteiger partial charge >= 0.3 is 5.97 Å². The van der Waals surface area contributed by atoms with Crippen molar-refractivity contribution in [1.29, 1.82) is 0 Å². The fraction of sp³-hybridized carbons (Fsp3) is 0.150. The second kappa shape index (κ2) is 8.11. The predicted octanol–water partition coefficient (Wildman–Crippen LogP) is 3.59. The summed E-state index contributed by atoms with van der Waals surface area (Å²) in [4.78, 5) is 27.9. The highest BCUT2D eigenvalue weighted by Crippen LogP contribution is 2.16. The number of esters is 1. The van der Waals surface area contributed by atoms with Gasteiger partial charge in [-0.1, -0.05) is 37.3 Å². The predicted molar refractivity (Wildman–Crippen MR) is 98.5 cm³/mol. The van der Waals surface area contributed by atoms with Gasteiger partial charge in [0.25, 0.3) is 5.91 Å². The van der Waals surface area contributed by atoms with Gasteiger partial charge in [-0.05, 0) is 30.2 Å². The summed E-state index contributed by atoms with van der Waals surface area (Å²) >= 11 is 0. The molecule has 0 saturated carbocycles. The first-order valence-corrected chi connectivity index (χ1v) is 8.24. The monoisotopic (exact) mass is 350 g/mol. The van der Waals surface area contributed by atoms with Crippen LogP contribution in [0.1, 0.15) is 18.4 Å². The first-order valence-electron chi connectivity index (χ1n) is 8.24. The number of aromatic nitrogens is 1. The Kier molecular flexibility index (Phi) is 5.43. The second-order valence-electron chi connectivity index (χ2n) is 5.52. The van der Waals surface area contributed by atoms with E-state index in [1.54, 1.807) is 6.07 Å². The van der Waals surface area contributed by atoms with Gasteiger partial charge < -0.3 is 14.5 Å². The number of nitrogens with zero attached hydrogens (tertiary/aromatic N) is 1. The summed E-state index contributed by atoms with van der Waals surface area (Å²) in [5.41, 5.74) is 3.07. The first-order chi connectivity index (χ1) is 12.7. The van der Waals surface area contributed by atoms with E-state index in [1.807, 2.05) is 49.4 Å². The highest BCUT2D eigenvalue weighted by atomic mass is 16.5. The Morgan fingerprint density at radius 1 is 1.15 bits per heavy atom. The molecule has 0 atom stereocenters. The van der Waals surface area contributed by atoms with Gasteiger partial charge in [0.1, 0.15) is 5.52 Å². The molecule has 3 rings (SSSR count). The Hall–Kier alpha value is -3.41. The number of oxazole rings is 1. The third-order valence-electron chi connectivity index (χ3n) is 3.69. The van der Waals surface area contributed by atoms with Gasteiger partial charge in [0, 0.05) is 17.8 Å². The highest BCUT2D eigenvalue weighted by molar-refractivity contribution is 5.95. The van der Waals surface area contributed by atoms with Crippen molar-refractivity contribution in [2.75, 3.05) is 11.9 Å². The first kappa shape index (κ1) is 17.4. The number of para-hydroxylation sites is 3. The Morgan fingerprint density at radius 3 is 2.73 bits per heavy atom. The number of hydrogen-bond acceptors (Lipinski definition) is 5. The molecule has 1 heterocycles. The maximum atomic E-state index is 11.9. The van der Waals surface area contributed by atoms with Gasteiger partial charge in [0.15, 0.2) is 12.2 Å². The molecule has 2 aromatic carbocycles. The topological polar surface area (TPSA) is 81.4 Å². The van der Waals surface area contributed by atoms with Crippen LogP contribution in [-0.2, 0) is 20.7 Å². The summed E-state index contributed by atoms with van der Waals surface area (Å²) < 4.78 is 10.4. The summed E-state index contributed by atoms with van der Waals surface area (Å²) in [5.74, 6) is -0.745. The highest BCUT2D eigenvalue weighted by Gasteiger charge is 2.08. The number of ether oxygens (including phenoxy) is 1. The summed E-state index contributed by atoms with van der Waals surface area (Å²) in [5, 5.41) is 2.74. The molecule has 1 amide bonds. The lowest BCUT2D eigenvalue weighted by Crippen LogP contribution is -2.20. The molecule has 6 heteroatoms. The van der Waals surface area contributed by atoms with Crippen molar-refractivity contribution in [3.05, 3.63) is 66.1 Å². The summed E-state index contributed by atoms with van der Waals surface area (Å²) in [7, 11) is 0. The number of hydrogen-bond donors (Lipinski definition) is 1. The molecular weight excluding hydrogens is 332 g/mol. The third kappa shape index (κ3) is 4.36. The fourth-order valence-electron chi connectivity index (χ4n) is 2.42. The van der Waals surface area contributed by atoms with Gasteiger partial charge in [-0.25, -0.2) is 9.78 Å². The van der Waals surface area contributed by atoms with Gasteiger partial charge in [-0.3, -0.25) is 4.79 Å². The number of rotatable bonds is 6. The maximum absolute atomic E-state index is 11.9. The van der Waals surface area contributed by atoms with Crippen molar-refractivity contribution in [1.82, 2.24) is 4.98 Å². The molecule has 0 radical (unpaired) electrons. The molecule has 132 valence electrons. The van der Waals surface area contributed by atoms with E-state index in [4.69, 9.17) is 9.15 Å². The number of benzene rings is 2. The van der Waals surface area contributed by atoms with E-state index in [2.05, 4.69) is 10.3 Å². The minimum absolute atomic E-state index is 0.296. The van der Waals surface area contributed by atoms with E-state index in [0.717, 1.165) is 17.7 Å². The van der Waals surface area contributed by atoms with Crippen LogP contribution in [0.3, 0.4) is 0 Å². The number of amides is 1. The summed E-state index contributed by atoms with van der Waals surface area (Å²) in [6, 6.07) is 14.8. The molecule has 0 spiro atoms. The quantitative estimate of drug-likeness (QED) is 0.543. The van der Waals surface area contributed by atoms with Crippen LogP contribution in [0.5, 0.6) is 0 Å². The molecule has 0 saturated heterocycles. The van der Waals surface area contributed by atoms with E-state index >= 15 is 0 Å². The molecule has 0 bridgehead atoms. The van der Waals surface area contributed by atoms with Gasteiger partial charge in [0.2, 0.25) is 5.89 Å². The average Bonchev–Trinajstić information content (AvgIpc) is 3.08. The summed E-state index contributed by atoms with van der Waals surface area (Å²) in [6.07, 6.45) is 3.38. The molecule has 26 heavy (non-hydrogen) atoms. The second-order valence-corrected chi connectivity index (χ2v) is 5.52. The standard InChI is InChI=1S/C20H18N2O4/c1-2-14-7-3-4-8-15(14)21-18(23)13-25-20(24)12-11-19-22-16-9-5-6-10-17(16)26-19/h3-12H,2,13H2,1H3,(H,21,23)/b12-11+. The van der Waals surface area contributed by atoms with Crippen LogP contribution in [-0.4, -0.2) is 23.5 Å². The van der Waals surface area contributed by atoms with Crippen LogP contribution in [0.25, 0.3) is 17.2 Å². The van der Waals surface area contributed by atoms with Crippen molar-refractivity contribution in [3.8, 4) is 0 Å². The lowest BCUT2D eigenvalue weighted by Gasteiger charge is -2.09. The van der Waals surface area contributed by atoms with E-state index in [0.29, 0.717) is 17.0 Å². The van der Waals surface area contributed by atoms with Crippen LogP contribution in [0.15, 0.2) is 59.0 Å². The minimum atomic E-state index is -0.647. The Labute approximate surface area is 150 Å². The molecule has 1 aromatic heterocycles. The Morgan fingerprint density at radius 2 is 1.92 bits per heavy atom. The SMILES string of the molecule is CCc1ccccc1NC(=O)COC(=O)/C=C/c1nc2ccccc2o1. The zero-order valence-corrected chi connectivity index (χ0v) is 14.3. The van der Waals surface area contributed by atoms with Crippen LogP contribution in [0.4, 0.5) is 5.69 Å². The molecule has 0 fully saturated rings. The van der Waals surface area contributed by atoms with Gasteiger partial charge in [0.05, 0.1) is 0 Å². The van der Waals surface area contributed by atoms with E-state index in [1.165, 1.54) is 12.2 Å². The zero-order chi connectivity index (χ0) is 18.4. The van der Waals surface area contributed by atoms with Crippen molar-refractivity contribution < 1.29 is 18.7 Å². The molecule has 0 aliphatic heterocycles. The smallest absolute Gasteiger partial charge is 0.331 e. The number of carbonyl (C=O) groups is 2. The Bertz CT molecular complexity index is 926. The van der Waals surface area contributed by atoms with Crippen molar-refractivity contribution in [2.24, 2.45) is 0 Å². The number of aryl methyl sites for hydroxylation is 1. The molecule has 3 aromatic rings. The van der Waals surface area contributed by atoms with Crippen LogP contribution in [0.2, 0.25) is 0 Å².